The van der Waals surface area contributed by atoms with Gasteiger partial charge in [-0.05, 0) is 54.5 Å². The van der Waals surface area contributed by atoms with Crippen molar-refractivity contribution in [2.75, 3.05) is 6.61 Å². The lowest BCUT2D eigenvalue weighted by molar-refractivity contribution is -0.763. The Bertz CT molecular complexity index is 1190. The summed E-state index contributed by atoms with van der Waals surface area (Å²) in [4.78, 5) is 27.0. The highest BCUT2D eigenvalue weighted by molar-refractivity contribution is 6.30. The molecule has 0 saturated heterocycles. The molecular formula is C30H36ClNO9. The maximum absolute atomic E-state index is 12.1. The Hall–Kier alpha value is -3.44. The van der Waals surface area contributed by atoms with Gasteiger partial charge in [-0.25, -0.2) is 0 Å². The summed E-state index contributed by atoms with van der Waals surface area (Å²) in [5.41, 5.74) is 1.22. The first kappa shape index (κ1) is 32.1. The fourth-order valence-corrected chi connectivity index (χ4v) is 4.86. The Morgan fingerprint density at radius 2 is 1.85 bits per heavy atom. The van der Waals surface area contributed by atoms with E-state index in [1.165, 1.54) is 0 Å². The van der Waals surface area contributed by atoms with Crippen LogP contribution in [0.4, 0.5) is 0 Å². The Morgan fingerprint density at radius 3 is 2.59 bits per heavy atom. The van der Waals surface area contributed by atoms with Gasteiger partial charge in [0.25, 0.3) is 5.09 Å². The molecule has 1 saturated carbocycles. The Labute approximate surface area is 243 Å². The van der Waals surface area contributed by atoms with Crippen LogP contribution in [-0.4, -0.2) is 51.3 Å². The number of carbonyl (C=O) groups excluding carboxylic acids is 1. The van der Waals surface area contributed by atoms with Crippen molar-refractivity contribution in [2.24, 2.45) is 11.8 Å². The molecule has 0 aliphatic heterocycles. The predicted molar refractivity (Wildman–Crippen MR) is 151 cm³/mol. The number of hydrogen-bond donors (Lipinski definition) is 3. The van der Waals surface area contributed by atoms with Crippen molar-refractivity contribution in [3.05, 3.63) is 99.1 Å². The van der Waals surface area contributed by atoms with Gasteiger partial charge < -0.3 is 29.6 Å². The number of halogens is 1. The van der Waals surface area contributed by atoms with Gasteiger partial charge in [0.1, 0.15) is 31.7 Å². The van der Waals surface area contributed by atoms with E-state index in [1.807, 2.05) is 12.2 Å². The number of carbonyl (C=O) groups is 1. The molecule has 222 valence electrons. The molecule has 3 rings (SSSR count). The number of aliphatic hydroxyl groups is 3. The van der Waals surface area contributed by atoms with Gasteiger partial charge in [-0.1, -0.05) is 66.2 Å². The zero-order valence-corrected chi connectivity index (χ0v) is 23.3. The number of esters is 1. The van der Waals surface area contributed by atoms with E-state index in [-0.39, 0.29) is 50.5 Å². The van der Waals surface area contributed by atoms with Gasteiger partial charge in [-0.2, -0.15) is 0 Å². The van der Waals surface area contributed by atoms with Crippen LogP contribution in [0.15, 0.2) is 72.8 Å². The molecule has 3 N–H and O–H groups in total. The number of nitrogens with zero attached hydrogens (tertiary/aromatic N) is 1. The van der Waals surface area contributed by atoms with E-state index in [9.17, 15) is 30.2 Å². The molecule has 0 unspecified atom stereocenters. The highest BCUT2D eigenvalue weighted by Gasteiger charge is 2.39. The summed E-state index contributed by atoms with van der Waals surface area (Å²) < 4.78 is 10.9. The van der Waals surface area contributed by atoms with E-state index >= 15 is 0 Å². The number of allylic oxidation sites excluding steroid dienone is 2. The van der Waals surface area contributed by atoms with E-state index in [0.29, 0.717) is 41.2 Å². The largest absolute Gasteiger partial charge is 0.491 e. The van der Waals surface area contributed by atoms with Crippen LogP contribution in [0, 0.1) is 22.0 Å². The van der Waals surface area contributed by atoms with Crippen LogP contribution in [0.5, 0.6) is 5.75 Å². The fraction of sp³-hybridized carbons (Fsp3) is 0.433. The van der Waals surface area contributed by atoms with Gasteiger partial charge >= 0.3 is 5.97 Å². The van der Waals surface area contributed by atoms with Crippen LogP contribution in [0.2, 0.25) is 5.02 Å². The minimum Gasteiger partial charge on any atom is -0.491 e. The normalized spacial score (nSPS) is 21.3. The fourth-order valence-electron chi connectivity index (χ4n) is 4.68. The average Bonchev–Trinajstić information content (AvgIpc) is 3.22. The molecule has 2 aromatic carbocycles. The van der Waals surface area contributed by atoms with E-state index < -0.39 is 23.4 Å². The lowest BCUT2D eigenvalue weighted by atomic mass is 9.89. The standard InChI is InChI=1S/C30H36ClNO9/c31-23-10-7-11-25(16-23)39-20-24(33)14-15-27-26(28(34)17-29(27)35)12-3-1-2-4-13-30(36)40-18-21-8-5-6-9-22(21)19-41-32(37)38/h1,3,5-11,14-16,24,26-29,33-35H,2,4,12-13,17-20H2/t24-,26-,27-,28+,29-/m1/s1. The summed E-state index contributed by atoms with van der Waals surface area (Å²) in [5, 5.41) is 41.3. The van der Waals surface area contributed by atoms with E-state index in [2.05, 4.69) is 4.84 Å². The molecule has 1 aliphatic rings. The molecule has 0 spiro atoms. The van der Waals surface area contributed by atoms with Crippen molar-refractivity contribution in [3.63, 3.8) is 0 Å². The highest BCUT2D eigenvalue weighted by atomic mass is 35.5. The summed E-state index contributed by atoms with van der Waals surface area (Å²) in [6, 6.07) is 13.8. The lowest BCUT2D eigenvalue weighted by Crippen LogP contribution is -2.21. The van der Waals surface area contributed by atoms with Crippen molar-refractivity contribution in [1.29, 1.82) is 0 Å². The number of hydrogen-bond acceptors (Lipinski definition) is 9. The van der Waals surface area contributed by atoms with E-state index in [0.717, 1.165) is 0 Å². The third-order valence-corrected chi connectivity index (χ3v) is 7.08. The molecule has 5 atom stereocenters. The minimum atomic E-state index is -0.891. The Balaban J connectivity index is 1.37. The van der Waals surface area contributed by atoms with Crippen molar-refractivity contribution in [3.8, 4) is 5.75 Å². The molecule has 1 fully saturated rings. The molecule has 0 aromatic heterocycles. The summed E-state index contributed by atoms with van der Waals surface area (Å²) in [6.45, 7) is -0.185. The molecule has 0 heterocycles. The van der Waals surface area contributed by atoms with Crippen LogP contribution in [-0.2, 0) is 27.6 Å². The van der Waals surface area contributed by atoms with Crippen LogP contribution in [0.3, 0.4) is 0 Å². The zero-order chi connectivity index (χ0) is 29.6. The first-order valence-corrected chi connectivity index (χ1v) is 13.9. The SMILES string of the molecule is O=C(CCCC=CC[C@@H]1[C@@H](C=C[C@@H](O)COc2cccc(Cl)c2)[C@H](O)C[C@@H]1O)OCc1ccccc1CO[N+](=O)[O-]. The summed E-state index contributed by atoms with van der Waals surface area (Å²) in [5.74, 6) is -0.351. The topological polar surface area (TPSA) is 149 Å². The number of unbranched alkanes of at least 4 members (excludes halogenated alkanes) is 1. The molecule has 10 nitrogen and oxygen atoms in total. The molecule has 11 heteroatoms. The molecule has 1 aliphatic carbocycles. The number of ether oxygens (including phenoxy) is 2. The Morgan fingerprint density at radius 1 is 1.10 bits per heavy atom. The van der Waals surface area contributed by atoms with Crippen molar-refractivity contribution in [1.82, 2.24) is 0 Å². The van der Waals surface area contributed by atoms with Gasteiger partial charge in [0, 0.05) is 23.8 Å². The van der Waals surface area contributed by atoms with Crippen LogP contribution in [0.1, 0.15) is 43.2 Å². The quantitative estimate of drug-likeness (QED) is 0.0842. The number of benzene rings is 2. The van der Waals surface area contributed by atoms with Gasteiger partial charge in [0.2, 0.25) is 0 Å². The third kappa shape index (κ3) is 11.2. The first-order valence-electron chi connectivity index (χ1n) is 13.5. The third-order valence-electron chi connectivity index (χ3n) is 6.85. The first-order chi connectivity index (χ1) is 19.7. The van der Waals surface area contributed by atoms with Crippen molar-refractivity contribution >= 4 is 17.6 Å². The molecule has 0 bridgehead atoms. The second-order valence-corrected chi connectivity index (χ2v) is 10.3. The maximum Gasteiger partial charge on any atom is 0.306 e. The second kappa shape index (κ2) is 16.7. The van der Waals surface area contributed by atoms with Gasteiger partial charge in [-0.3, -0.25) is 4.79 Å². The van der Waals surface area contributed by atoms with Gasteiger partial charge in [0.15, 0.2) is 0 Å². The summed E-state index contributed by atoms with van der Waals surface area (Å²) in [7, 11) is 0. The number of rotatable bonds is 16. The van der Waals surface area contributed by atoms with Crippen LogP contribution < -0.4 is 4.74 Å². The lowest BCUT2D eigenvalue weighted by Gasteiger charge is -2.19. The highest BCUT2D eigenvalue weighted by Crippen LogP contribution is 2.36. The molecule has 41 heavy (non-hydrogen) atoms. The second-order valence-electron chi connectivity index (χ2n) is 9.86. The summed E-state index contributed by atoms with van der Waals surface area (Å²) >= 11 is 5.94. The average molecular weight is 590 g/mol. The molecule has 0 amide bonds. The predicted octanol–water partition coefficient (Wildman–Crippen LogP) is 4.56. The van der Waals surface area contributed by atoms with E-state index in [4.69, 9.17) is 21.1 Å². The van der Waals surface area contributed by atoms with Crippen molar-refractivity contribution < 1.29 is 39.5 Å². The van der Waals surface area contributed by atoms with Crippen molar-refractivity contribution in [2.45, 2.75) is 63.6 Å². The monoisotopic (exact) mass is 589 g/mol. The Kier molecular flexibility index (Phi) is 13.1. The van der Waals surface area contributed by atoms with Crippen LogP contribution in [0.25, 0.3) is 0 Å². The van der Waals surface area contributed by atoms with Crippen LogP contribution >= 0.6 is 11.6 Å². The minimum absolute atomic E-state index is 0.00412. The smallest absolute Gasteiger partial charge is 0.306 e. The zero-order valence-electron chi connectivity index (χ0n) is 22.6. The molecule has 2 aromatic rings. The molecule has 0 radical (unpaired) electrons. The van der Waals surface area contributed by atoms with Gasteiger partial charge in [-0.15, -0.1) is 10.1 Å². The van der Waals surface area contributed by atoms with E-state index in [1.54, 1.807) is 60.7 Å². The molecular weight excluding hydrogens is 554 g/mol. The van der Waals surface area contributed by atoms with Gasteiger partial charge in [0.05, 0.1) is 12.2 Å². The summed E-state index contributed by atoms with van der Waals surface area (Å²) in [6.07, 6.45) is 7.12. The number of aliphatic hydroxyl groups excluding tert-OH is 3. The maximum atomic E-state index is 12.1.